The van der Waals surface area contributed by atoms with Crippen molar-refractivity contribution in [2.45, 2.75) is 6.92 Å². The number of nitrogens with zero attached hydrogens (tertiary/aromatic N) is 2. The quantitative estimate of drug-likeness (QED) is 0.722. The van der Waals surface area contributed by atoms with Gasteiger partial charge >= 0.3 is 0 Å². The summed E-state index contributed by atoms with van der Waals surface area (Å²) in [7, 11) is -3.49. The number of aryl methyl sites for hydroxylation is 1. The lowest BCUT2D eigenvalue weighted by atomic mass is 10.2. The van der Waals surface area contributed by atoms with Crippen molar-refractivity contribution in [3.05, 3.63) is 69.3 Å². The fourth-order valence-corrected chi connectivity index (χ4v) is 4.78. The number of hydrogen-bond acceptors (Lipinski definition) is 4. The molecule has 1 amide bonds. The molecule has 7 heteroatoms. The van der Waals surface area contributed by atoms with Crippen molar-refractivity contribution in [1.29, 1.82) is 0 Å². The molecular weight excluding hydrogens is 380 g/mol. The Hall–Kier alpha value is -2.22. The fraction of sp³-hybridized carbons (Fsp3) is 0.250. The first kappa shape index (κ1) is 19.5. The zero-order valence-electron chi connectivity index (χ0n) is 15.1. The molecule has 5 nitrogen and oxygen atoms in total. The molecule has 1 aliphatic heterocycles. The van der Waals surface area contributed by atoms with E-state index in [1.54, 1.807) is 28.4 Å². The lowest BCUT2D eigenvalue weighted by Gasteiger charge is -2.32. The molecule has 1 fully saturated rings. The van der Waals surface area contributed by atoms with Crippen LogP contribution in [0.5, 0.6) is 0 Å². The van der Waals surface area contributed by atoms with Crippen LogP contribution in [0, 0.1) is 6.92 Å². The molecule has 142 valence electrons. The van der Waals surface area contributed by atoms with Crippen LogP contribution in [0.15, 0.2) is 53.3 Å². The van der Waals surface area contributed by atoms with E-state index >= 15 is 0 Å². The molecular formula is C20H22N2O3S2. The van der Waals surface area contributed by atoms with Crippen molar-refractivity contribution in [2.24, 2.45) is 0 Å². The molecule has 1 saturated heterocycles. The molecule has 0 saturated carbocycles. The monoisotopic (exact) mass is 402 g/mol. The average Bonchev–Trinajstić information content (AvgIpc) is 3.10. The largest absolute Gasteiger partial charge is 0.337 e. The molecule has 0 atom stereocenters. The first-order chi connectivity index (χ1) is 13.0. The summed E-state index contributed by atoms with van der Waals surface area (Å²) in [5, 5.41) is 3.23. The lowest BCUT2D eigenvalue weighted by Crippen LogP contribution is -2.49. The molecule has 0 bridgehead atoms. The Balaban J connectivity index is 1.56. The van der Waals surface area contributed by atoms with Crippen LogP contribution in [0.1, 0.15) is 16.0 Å². The molecule has 27 heavy (non-hydrogen) atoms. The third kappa shape index (κ3) is 5.15. The van der Waals surface area contributed by atoms with E-state index in [2.05, 4.69) is 0 Å². The van der Waals surface area contributed by atoms with Crippen molar-refractivity contribution >= 4 is 39.4 Å². The zero-order chi connectivity index (χ0) is 19.3. The molecule has 0 N–H and O–H groups in total. The normalized spacial score (nSPS) is 16.4. The zero-order valence-corrected chi connectivity index (χ0v) is 16.7. The van der Waals surface area contributed by atoms with E-state index in [-0.39, 0.29) is 5.91 Å². The minimum atomic E-state index is -3.49. The van der Waals surface area contributed by atoms with Gasteiger partial charge in [0, 0.05) is 42.5 Å². The summed E-state index contributed by atoms with van der Waals surface area (Å²) in [6.45, 7) is 3.40. The summed E-state index contributed by atoms with van der Waals surface area (Å²) < 4.78 is 26.4. The number of benzene rings is 1. The Labute approximate surface area is 164 Å². The van der Waals surface area contributed by atoms with Crippen LogP contribution >= 0.6 is 11.3 Å². The van der Waals surface area contributed by atoms with E-state index in [1.165, 1.54) is 9.71 Å². The first-order valence-corrected chi connectivity index (χ1v) is 11.1. The Morgan fingerprint density at radius 1 is 1.04 bits per heavy atom. The van der Waals surface area contributed by atoms with Gasteiger partial charge in [-0.1, -0.05) is 30.3 Å². The highest BCUT2D eigenvalue weighted by Crippen LogP contribution is 2.17. The second kappa shape index (κ2) is 8.65. The van der Waals surface area contributed by atoms with Crippen LogP contribution in [0.4, 0.5) is 0 Å². The van der Waals surface area contributed by atoms with E-state index < -0.39 is 10.0 Å². The van der Waals surface area contributed by atoms with Crippen LogP contribution in [-0.2, 0) is 14.8 Å². The number of carbonyl (C=O) groups is 1. The smallest absolute Gasteiger partial charge is 0.246 e. The second-order valence-electron chi connectivity index (χ2n) is 6.28. The highest BCUT2D eigenvalue weighted by Gasteiger charge is 2.26. The van der Waals surface area contributed by atoms with E-state index in [0.717, 1.165) is 16.0 Å². The maximum absolute atomic E-state index is 12.5. The van der Waals surface area contributed by atoms with E-state index in [1.807, 2.05) is 54.8 Å². The van der Waals surface area contributed by atoms with Gasteiger partial charge in [0.15, 0.2) is 0 Å². The van der Waals surface area contributed by atoms with Gasteiger partial charge in [-0.05, 0) is 41.6 Å². The van der Waals surface area contributed by atoms with E-state index in [0.29, 0.717) is 26.2 Å². The molecule has 0 aliphatic carbocycles. The SMILES string of the molecule is Cc1ccsc1/C=C/C(=O)N1CCN(S(=O)(=O)/C=C/c2ccccc2)CC1. The summed E-state index contributed by atoms with van der Waals surface area (Å²) in [6.07, 6.45) is 4.99. The molecule has 0 spiro atoms. The topological polar surface area (TPSA) is 57.7 Å². The number of rotatable bonds is 5. The molecule has 3 rings (SSSR count). The summed E-state index contributed by atoms with van der Waals surface area (Å²) >= 11 is 1.59. The number of thiophene rings is 1. The predicted molar refractivity (Wildman–Crippen MR) is 111 cm³/mol. The lowest BCUT2D eigenvalue weighted by molar-refractivity contribution is -0.127. The van der Waals surface area contributed by atoms with Crippen LogP contribution < -0.4 is 0 Å². The van der Waals surface area contributed by atoms with Gasteiger partial charge < -0.3 is 4.90 Å². The Morgan fingerprint density at radius 2 is 1.74 bits per heavy atom. The summed E-state index contributed by atoms with van der Waals surface area (Å²) in [5.74, 6) is -0.0836. The van der Waals surface area contributed by atoms with Gasteiger partial charge in [0.1, 0.15) is 0 Å². The van der Waals surface area contributed by atoms with Gasteiger partial charge in [0.2, 0.25) is 15.9 Å². The van der Waals surface area contributed by atoms with Gasteiger partial charge in [-0.15, -0.1) is 11.3 Å². The van der Waals surface area contributed by atoms with Crippen LogP contribution in [0.25, 0.3) is 12.2 Å². The van der Waals surface area contributed by atoms with Gasteiger partial charge in [-0.25, -0.2) is 8.42 Å². The van der Waals surface area contributed by atoms with Crippen LogP contribution in [-0.4, -0.2) is 49.7 Å². The van der Waals surface area contributed by atoms with E-state index in [4.69, 9.17) is 0 Å². The molecule has 0 unspecified atom stereocenters. The number of sulfonamides is 1. The molecule has 2 heterocycles. The first-order valence-electron chi connectivity index (χ1n) is 8.70. The van der Waals surface area contributed by atoms with Crippen LogP contribution in [0.3, 0.4) is 0 Å². The van der Waals surface area contributed by atoms with Gasteiger partial charge in [-0.2, -0.15) is 4.31 Å². The van der Waals surface area contributed by atoms with Crippen LogP contribution in [0.2, 0.25) is 0 Å². The van der Waals surface area contributed by atoms with Crippen molar-refractivity contribution in [2.75, 3.05) is 26.2 Å². The highest BCUT2D eigenvalue weighted by atomic mass is 32.2. The number of hydrogen-bond donors (Lipinski definition) is 0. The summed E-state index contributed by atoms with van der Waals surface area (Å²) in [4.78, 5) is 15.1. The van der Waals surface area contributed by atoms with Crippen molar-refractivity contribution in [1.82, 2.24) is 9.21 Å². The van der Waals surface area contributed by atoms with Crippen molar-refractivity contribution < 1.29 is 13.2 Å². The molecule has 2 aromatic rings. The molecule has 0 radical (unpaired) electrons. The van der Waals surface area contributed by atoms with Gasteiger partial charge in [0.05, 0.1) is 0 Å². The van der Waals surface area contributed by atoms with Crippen molar-refractivity contribution in [3.63, 3.8) is 0 Å². The number of carbonyl (C=O) groups excluding carboxylic acids is 1. The standard InChI is InChI=1S/C20H22N2O3S2/c1-17-9-15-26-19(17)7-8-20(23)21-11-13-22(14-12-21)27(24,25)16-10-18-5-3-2-4-6-18/h2-10,15-16H,11-14H2,1H3/b8-7+,16-10+. The Morgan fingerprint density at radius 3 is 2.37 bits per heavy atom. The number of piperazine rings is 1. The third-order valence-electron chi connectivity index (χ3n) is 4.42. The Kier molecular flexibility index (Phi) is 6.26. The Bertz CT molecular complexity index is 939. The number of amides is 1. The maximum atomic E-state index is 12.5. The summed E-state index contributed by atoms with van der Waals surface area (Å²) in [5.41, 5.74) is 1.98. The predicted octanol–water partition coefficient (Wildman–Crippen LogP) is 3.21. The molecule has 1 aliphatic rings. The average molecular weight is 403 g/mol. The summed E-state index contributed by atoms with van der Waals surface area (Å²) in [6, 6.07) is 11.3. The molecule has 1 aromatic heterocycles. The third-order valence-corrected chi connectivity index (χ3v) is 6.97. The maximum Gasteiger partial charge on any atom is 0.246 e. The minimum absolute atomic E-state index is 0.0836. The van der Waals surface area contributed by atoms with Crippen molar-refractivity contribution in [3.8, 4) is 0 Å². The van der Waals surface area contributed by atoms with Gasteiger partial charge in [0.25, 0.3) is 0 Å². The fourth-order valence-electron chi connectivity index (χ4n) is 2.79. The van der Waals surface area contributed by atoms with Gasteiger partial charge in [-0.3, -0.25) is 4.79 Å². The second-order valence-corrected chi connectivity index (χ2v) is 9.05. The van der Waals surface area contributed by atoms with E-state index in [9.17, 15) is 13.2 Å². The highest BCUT2D eigenvalue weighted by molar-refractivity contribution is 7.92. The minimum Gasteiger partial charge on any atom is -0.337 e. The molecule has 1 aromatic carbocycles.